The zero-order valence-electron chi connectivity index (χ0n) is 6.83. The van der Waals surface area contributed by atoms with Gasteiger partial charge >= 0.3 is 0 Å². The number of rotatable bonds is 3. The van der Waals surface area contributed by atoms with Gasteiger partial charge in [0.05, 0.1) is 12.3 Å². The van der Waals surface area contributed by atoms with Gasteiger partial charge < -0.3 is 4.74 Å². The van der Waals surface area contributed by atoms with E-state index in [1.165, 1.54) is 18.5 Å². The Kier molecular flexibility index (Phi) is 3.26. The predicted molar refractivity (Wildman–Crippen MR) is 46.2 cm³/mol. The first-order chi connectivity index (χ1) is 5.83. The highest BCUT2D eigenvalue weighted by molar-refractivity contribution is 5.55. The average molecular weight is 167 g/mol. The summed E-state index contributed by atoms with van der Waals surface area (Å²) in [7, 11) is 0. The van der Waals surface area contributed by atoms with Gasteiger partial charge in [0.2, 0.25) is 0 Å². The summed E-state index contributed by atoms with van der Waals surface area (Å²) in [6, 6.07) is 5.90. The van der Waals surface area contributed by atoms with Crippen LogP contribution in [-0.4, -0.2) is 13.0 Å². The number of hydrogen-bond acceptors (Lipinski definition) is 2. The number of aliphatic imine (C=N–C) groups is 1. The van der Waals surface area contributed by atoms with Crippen molar-refractivity contribution in [3.63, 3.8) is 0 Å². The number of hydrogen-bond donors (Lipinski definition) is 0. The highest BCUT2D eigenvalue weighted by Crippen LogP contribution is 2.10. The summed E-state index contributed by atoms with van der Waals surface area (Å²) >= 11 is 0. The van der Waals surface area contributed by atoms with Crippen LogP contribution >= 0.6 is 0 Å². The van der Waals surface area contributed by atoms with E-state index in [-0.39, 0.29) is 5.82 Å². The zero-order chi connectivity index (χ0) is 8.81. The third-order valence-electron chi connectivity index (χ3n) is 1.27. The predicted octanol–water partition coefficient (Wildman–Crippen LogP) is 2.52. The van der Waals surface area contributed by atoms with E-state index in [1.807, 2.05) is 6.92 Å². The molecule has 64 valence electrons. The quantitative estimate of drug-likeness (QED) is 0.500. The lowest BCUT2D eigenvalue weighted by atomic mass is 10.3. The van der Waals surface area contributed by atoms with E-state index in [2.05, 4.69) is 4.99 Å². The van der Waals surface area contributed by atoms with E-state index in [4.69, 9.17) is 4.74 Å². The minimum atomic E-state index is -0.259. The van der Waals surface area contributed by atoms with Crippen LogP contribution < -0.4 is 0 Å². The van der Waals surface area contributed by atoms with E-state index < -0.39 is 0 Å². The molecule has 12 heavy (non-hydrogen) atoms. The first kappa shape index (κ1) is 8.71. The van der Waals surface area contributed by atoms with Crippen molar-refractivity contribution >= 4 is 12.1 Å². The van der Waals surface area contributed by atoms with Crippen molar-refractivity contribution in [1.29, 1.82) is 0 Å². The van der Waals surface area contributed by atoms with E-state index in [1.54, 1.807) is 12.1 Å². The van der Waals surface area contributed by atoms with Crippen LogP contribution in [0.2, 0.25) is 0 Å². The van der Waals surface area contributed by atoms with Gasteiger partial charge in [-0.1, -0.05) is 0 Å². The van der Waals surface area contributed by atoms with Gasteiger partial charge in [0.15, 0.2) is 6.40 Å². The molecule has 0 saturated carbocycles. The molecule has 0 bridgehead atoms. The third kappa shape index (κ3) is 2.70. The highest BCUT2D eigenvalue weighted by Gasteiger charge is 1.88. The maximum absolute atomic E-state index is 12.4. The van der Waals surface area contributed by atoms with Gasteiger partial charge in [0, 0.05) is 0 Å². The maximum Gasteiger partial charge on any atom is 0.174 e. The van der Waals surface area contributed by atoms with Crippen molar-refractivity contribution < 1.29 is 9.13 Å². The molecule has 0 aliphatic heterocycles. The molecule has 0 N–H and O–H groups in total. The molecule has 0 aromatic heterocycles. The summed E-state index contributed by atoms with van der Waals surface area (Å²) in [4.78, 5) is 3.92. The van der Waals surface area contributed by atoms with Gasteiger partial charge in [-0.3, -0.25) is 0 Å². The number of ether oxygens (including phenoxy) is 1. The van der Waals surface area contributed by atoms with Crippen LogP contribution in [0, 0.1) is 5.82 Å². The molecule has 0 amide bonds. The second kappa shape index (κ2) is 4.49. The summed E-state index contributed by atoms with van der Waals surface area (Å²) in [5, 5.41) is 0. The van der Waals surface area contributed by atoms with Crippen molar-refractivity contribution in [2.24, 2.45) is 4.99 Å². The molecule has 3 heteroatoms. The Morgan fingerprint density at radius 1 is 1.42 bits per heavy atom. The topological polar surface area (TPSA) is 21.6 Å². The number of halogens is 1. The molecule has 2 nitrogen and oxygen atoms in total. The van der Waals surface area contributed by atoms with Gasteiger partial charge in [-0.15, -0.1) is 0 Å². The molecule has 0 spiro atoms. The Bertz CT molecular complexity index is 256. The fraction of sp³-hybridized carbons (Fsp3) is 0.222. The Balaban J connectivity index is 2.58. The molecule has 0 aliphatic rings. The molecule has 1 rings (SSSR count). The van der Waals surface area contributed by atoms with Crippen molar-refractivity contribution in [2.75, 3.05) is 6.61 Å². The molecule has 0 atom stereocenters. The standard InChI is InChI=1S/C9H10FNO/c1-2-12-7-11-9-5-3-8(10)4-6-9/h3-7H,2H2,1H3. The lowest BCUT2D eigenvalue weighted by molar-refractivity contribution is 0.344. The van der Waals surface area contributed by atoms with Crippen LogP contribution in [0.5, 0.6) is 0 Å². The first-order valence-electron chi connectivity index (χ1n) is 3.72. The lowest BCUT2D eigenvalue weighted by Crippen LogP contribution is -1.83. The van der Waals surface area contributed by atoms with Crippen molar-refractivity contribution in [3.05, 3.63) is 30.1 Å². The summed E-state index contributed by atoms with van der Waals surface area (Å²) in [5.74, 6) is -0.259. The van der Waals surface area contributed by atoms with Crippen LogP contribution in [0.3, 0.4) is 0 Å². The summed E-state index contributed by atoms with van der Waals surface area (Å²) in [6.07, 6.45) is 1.35. The Morgan fingerprint density at radius 3 is 2.67 bits per heavy atom. The van der Waals surface area contributed by atoms with Crippen LogP contribution in [0.1, 0.15) is 6.92 Å². The molecule has 1 aromatic carbocycles. The van der Waals surface area contributed by atoms with Crippen molar-refractivity contribution in [3.8, 4) is 0 Å². The fourth-order valence-corrected chi connectivity index (χ4v) is 0.700. The SMILES string of the molecule is CCOC=Nc1ccc(F)cc1. The molecule has 0 aliphatic carbocycles. The van der Waals surface area contributed by atoms with Crippen molar-refractivity contribution in [2.45, 2.75) is 6.92 Å². The first-order valence-corrected chi connectivity index (χ1v) is 3.72. The van der Waals surface area contributed by atoms with Gasteiger partial charge in [-0.2, -0.15) is 0 Å². The second-order valence-corrected chi connectivity index (χ2v) is 2.17. The van der Waals surface area contributed by atoms with Gasteiger partial charge in [0.1, 0.15) is 5.82 Å². The molecule has 0 heterocycles. The smallest absolute Gasteiger partial charge is 0.174 e. The summed E-state index contributed by atoms with van der Waals surface area (Å²) in [6.45, 7) is 2.46. The normalized spacial score (nSPS) is 10.5. The number of nitrogens with zero attached hydrogens (tertiary/aromatic N) is 1. The molecule has 0 saturated heterocycles. The minimum Gasteiger partial charge on any atom is -0.483 e. The highest BCUT2D eigenvalue weighted by atomic mass is 19.1. The fourth-order valence-electron chi connectivity index (χ4n) is 0.700. The third-order valence-corrected chi connectivity index (χ3v) is 1.27. The lowest BCUT2D eigenvalue weighted by Gasteiger charge is -1.93. The Hall–Kier alpha value is -1.38. The molecule has 1 aromatic rings. The number of benzene rings is 1. The summed E-state index contributed by atoms with van der Waals surface area (Å²) in [5.41, 5.74) is 0.685. The van der Waals surface area contributed by atoms with E-state index in [0.29, 0.717) is 12.3 Å². The van der Waals surface area contributed by atoms with E-state index >= 15 is 0 Å². The average Bonchev–Trinajstić information content (AvgIpc) is 2.09. The zero-order valence-corrected chi connectivity index (χ0v) is 6.83. The van der Waals surface area contributed by atoms with Crippen LogP contribution in [0.25, 0.3) is 0 Å². The Morgan fingerprint density at radius 2 is 2.08 bits per heavy atom. The molecule has 0 fully saturated rings. The summed E-state index contributed by atoms with van der Waals surface area (Å²) < 4.78 is 17.3. The van der Waals surface area contributed by atoms with Gasteiger partial charge in [0.25, 0.3) is 0 Å². The largest absolute Gasteiger partial charge is 0.483 e. The van der Waals surface area contributed by atoms with E-state index in [0.717, 1.165) is 0 Å². The van der Waals surface area contributed by atoms with Crippen LogP contribution in [0.4, 0.5) is 10.1 Å². The van der Waals surface area contributed by atoms with Gasteiger partial charge in [-0.05, 0) is 31.2 Å². The monoisotopic (exact) mass is 167 g/mol. The molecular formula is C9H10FNO. The van der Waals surface area contributed by atoms with Crippen molar-refractivity contribution in [1.82, 2.24) is 0 Å². The van der Waals surface area contributed by atoms with Gasteiger partial charge in [-0.25, -0.2) is 9.38 Å². The van der Waals surface area contributed by atoms with Crippen LogP contribution in [-0.2, 0) is 4.74 Å². The Labute approximate surface area is 70.7 Å². The maximum atomic E-state index is 12.4. The van der Waals surface area contributed by atoms with Crippen LogP contribution in [0.15, 0.2) is 29.3 Å². The van der Waals surface area contributed by atoms with E-state index in [9.17, 15) is 4.39 Å². The minimum absolute atomic E-state index is 0.259. The molecule has 0 radical (unpaired) electrons. The molecular weight excluding hydrogens is 157 g/mol. The second-order valence-electron chi connectivity index (χ2n) is 2.17. The molecule has 0 unspecified atom stereocenters.